The molecule has 3 rings (SSSR count). The van der Waals surface area contributed by atoms with Crippen molar-refractivity contribution >= 4 is 17.3 Å². The Hall–Kier alpha value is -1.85. The molecule has 0 bridgehead atoms. The molecule has 0 radical (unpaired) electrons. The van der Waals surface area contributed by atoms with Gasteiger partial charge in [0.1, 0.15) is 11.4 Å². The van der Waals surface area contributed by atoms with Crippen molar-refractivity contribution in [1.29, 1.82) is 0 Å². The van der Waals surface area contributed by atoms with Gasteiger partial charge in [0.2, 0.25) is 5.91 Å². The van der Waals surface area contributed by atoms with Crippen LogP contribution in [0, 0.1) is 23.7 Å². The van der Waals surface area contributed by atoms with Gasteiger partial charge in [0, 0.05) is 38.6 Å². The molecule has 1 aliphatic carbocycles. The molecule has 6 nitrogen and oxygen atoms in total. The molecule has 1 aromatic rings. The highest BCUT2D eigenvalue weighted by Crippen LogP contribution is 2.31. The molecule has 2 aliphatic rings. The maximum Gasteiger partial charge on any atom is 0.253 e. The van der Waals surface area contributed by atoms with Gasteiger partial charge in [-0.1, -0.05) is 27.7 Å². The Labute approximate surface area is 180 Å². The SMILES string of the molecule is CC(C)CN(CC(C)C)C(=O)C1CCC(CNc2c(N3CCCC3)c(=O)c2=O)CC1. The third-order valence-electron chi connectivity index (χ3n) is 6.55. The highest BCUT2D eigenvalue weighted by Gasteiger charge is 2.31. The van der Waals surface area contributed by atoms with E-state index in [2.05, 4.69) is 42.8 Å². The van der Waals surface area contributed by atoms with Crippen LogP contribution in [0.4, 0.5) is 11.4 Å². The van der Waals surface area contributed by atoms with Crippen molar-refractivity contribution in [1.82, 2.24) is 4.90 Å². The number of anilines is 2. The molecule has 2 fully saturated rings. The van der Waals surface area contributed by atoms with Crippen LogP contribution in [0.5, 0.6) is 0 Å². The Morgan fingerprint density at radius 1 is 0.967 bits per heavy atom. The number of carbonyl (C=O) groups excluding carboxylic acids is 1. The van der Waals surface area contributed by atoms with Crippen molar-refractivity contribution in [2.24, 2.45) is 23.7 Å². The van der Waals surface area contributed by atoms with Crippen LogP contribution < -0.4 is 21.1 Å². The topological polar surface area (TPSA) is 69.7 Å². The quantitative estimate of drug-likeness (QED) is 0.625. The fourth-order valence-corrected chi connectivity index (χ4v) is 5.04. The van der Waals surface area contributed by atoms with Gasteiger partial charge >= 0.3 is 0 Å². The normalized spacial score (nSPS) is 22.3. The summed E-state index contributed by atoms with van der Waals surface area (Å²) in [6.45, 7) is 12.8. The van der Waals surface area contributed by atoms with Gasteiger partial charge < -0.3 is 15.1 Å². The monoisotopic (exact) mass is 417 g/mol. The molecule has 6 heteroatoms. The Kier molecular flexibility index (Phi) is 7.59. The van der Waals surface area contributed by atoms with Crippen molar-refractivity contribution < 1.29 is 4.79 Å². The van der Waals surface area contributed by atoms with E-state index >= 15 is 0 Å². The Morgan fingerprint density at radius 3 is 2.07 bits per heavy atom. The van der Waals surface area contributed by atoms with Crippen molar-refractivity contribution in [3.8, 4) is 0 Å². The Morgan fingerprint density at radius 2 is 1.53 bits per heavy atom. The van der Waals surface area contributed by atoms with Crippen LogP contribution >= 0.6 is 0 Å². The molecule has 0 spiro atoms. The summed E-state index contributed by atoms with van der Waals surface area (Å²) in [4.78, 5) is 41.3. The van der Waals surface area contributed by atoms with Gasteiger partial charge in [0.05, 0.1) is 0 Å². The van der Waals surface area contributed by atoms with Crippen molar-refractivity contribution in [3.05, 3.63) is 20.4 Å². The van der Waals surface area contributed by atoms with Crippen LogP contribution in [0.3, 0.4) is 0 Å². The van der Waals surface area contributed by atoms with Gasteiger partial charge in [-0.3, -0.25) is 14.4 Å². The lowest BCUT2D eigenvalue weighted by Crippen LogP contribution is -2.43. The van der Waals surface area contributed by atoms with Gasteiger partial charge in [-0.2, -0.15) is 0 Å². The molecule has 1 aromatic carbocycles. The standard InChI is InChI=1S/C24H39N3O3/c1-16(2)14-27(15-17(3)4)24(30)19-9-7-18(8-10-19)13-25-20-21(23(29)22(20)28)26-11-5-6-12-26/h16-19,25H,5-15H2,1-4H3. The average molecular weight is 418 g/mol. The fourth-order valence-electron chi connectivity index (χ4n) is 5.04. The Bertz CT molecular complexity index is 770. The summed E-state index contributed by atoms with van der Waals surface area (Å²) in [7, 11) is 0. The van der Waals surface area contributed by atoms with E-state index in [1.165, 1.54) is 0 Å². The van der Waals surface area contributed by atoms with Crippen LogP contribution in [0.15, 0.2) is 9.59 Å². The minimum atomic E-state index is -0.362. The summed E-state index contributed by atoms with van der Waals surface area (Å²) in [6, 6.07) is 0. The van der Waals surface area contributed by atoms with E-state index in [0.717, 1.165) is 64.7 Å². The van der Waals surface area contributed by atoms with Crippen LogP contribution in [0.1, 0.15) is 66.2 Å². The molecule has 168 valence electrons. The first kappa shape index (κ1) is 22.8. The maximum atomic E-state index is 13.1. The van der Waals surface area contributed by atoms with E-state index in [1.807, 2.05) is 0 Å². The molecule has 1 saturated heterocycles. The first-order chi connectivity index (χ1) is 14.3. The summed E-state index contributed by atoms with van der Waals surface area (Å²) in [5, 5.41) is 3.29. The van der Waals surface area contributed by atoms with Gasteiger partial charge in [-0.05, 0) is 56.3 Å². The predicted octanol–water partition coefficient (Wildman–Crippen LogP) is 3.24. The van der Waals surface area contributed by atoms with Gasteiger partial charge in [0.15, 0.2) is 0 Å². The zero-order chi connectivity index (χ0) is 21.8. The number of rotatable bonds is 9. The molecule has 1 N–H and O–H groups in total. The largest absolute Gasteiger partial charge is 0.380 e. The highest BCUT2D eigenvalue weighted by atomic mass is 16.2. The van der Waals surface area contributed by atoms with Gasteiger partial charge in [-0.15, -0.1) is 0 Å². The second kappa shape index (κ2) is 9.97. The Balaban J connectivity index is 1.50. The first-order valence-electron chi connectivity index (χ1n) is 11.9. The highest BCUT2D eigenvalue weighted by molar-refractivity contribution is 5.79. The number of hydrogen-bond donors (Lipinski definition) is 1. The predicted molar refractivity (Wildman–Crippen MR) is 123 cm³/mol. The molecule has 1 heterocycles. The van der Waals surface area contributed by atoms with Crippen LogP contribution in [-0.2, 0) is 4.79 Å². The summed E-state index contributed by atoms with van der Waals surface area (Å²) >= 11 is 0. The van der Waals surface area contributed by atoms with Crippen molar-refractivity contribution in [2.75, 3.05) is 42.9 Å². The first-order valence-corrected chi connectivity index (χ1v) is 11.9. The third-order valence-corrected chi connectivity index (χ3v) is 6.55. The van der Waals surface area contributed by atoms with E-state index < -0.39 is 0 Å². The summed E-state index contributed by atoms with van der Waals surface area (Å²) in [5.41, 5.74) is 0.447. The fraction of sp³-hybridized carbons (Fsp3) is 0.792. The lowest BCUT2D eigenvalue weighted by Gasteiger charge is -2.34. The molecular weight excluding hydrogens is 378 g/mol. The van der Waals surface area contributed by atoms with E-state index in [9.17, 15) is 14.4 Å². The lowest BCUT2D eigenvalue weighted by molar-refractivity contribution is -0.138. The molecule has 0 atom stereocenters. The van der Waals surface area contributed by atoms with Gasteiger partial charge in [0.25, 0.3) is 10.9 Å². The number of nitrogens with zero attached hydrogens (tertiary/aromatic N) is 2. The smallest absolute Gasteiger partial charge is 0.253 e. The van der Waals surface area contributed by atoms with E-state index in [1.54, 1.807) is 0 Å². The second-order valence-electron chi connectivity index (χ2n) is 10.2. The molecule has 1 amide bonds. The third kappa shape index (κ3) is 5.25. The molecule has 30 heavy (non-hydrogen) atoms. The number of nitrogens with one attached hydrogen (secondary N) is 1. The molecule has 1 saturated carbocycles. The zero-order valence-electron chi connectivity index (χ0n) is 19.2. The van der Waals surface area contributed by atoms with E-state index in [4.69, 9.17) is 0 Å². The summed E-state index contributed by atoms with van der Waals surface area (Å²) in [6.07, 6.45) is 6.00. The van der Waals surface area contributed by atoms with Crippen molar-refractivity contribution in [2.45, 2.75) is 66.2 Å². The minimum absolute atomic E-state index is 0.130. The minimum Gasteiger partial charge on any atom is -0.380 e. The summed E-state index contributed by atoms with van der Waals surface area (Å²) < 4.78 is 0. The second-order valence-corrected chi connectivity index (χ2v) is 10.2. The van der Waals surface area contributed by atoms with Crippen LogP contribution in [0.2, 0.25) is 0 Å². The number of amides is 1. The molecule has 0 unspecified atom stereocenters. The van der Waals surface area contributed by atoms with Crippen LogP contribution in [0.25, 0.3) is 0 Å². The van der Waals surface area contributed by atoms with Crippen molar-refractivity contribution in [3.63, 3.8) is 0 Å². The van der Waals surface area contributed by atoms with E-state index in [-0.39, 0.29) is 16.8 Å². The summed E-state index contributed by atoms with van der Waals surface area (Å²) in [5.74, 6) is 1.87. The maximum absolute atomic E-state index is 13.1. The molecular formula is C24H39N3O3. The lowest BCUT2D eigenvalue weighted by atomic mass is 9.81. The van der Waals surface area contributed by atoms with Crippen LogP contribution in [-0.4, -0.2) is 43.5 Å². The van der Waals surface area contributed by atoms with Gasteiger partial charge in [-0.25, -0.2) is 0 Å². The average Bonchev–Trinajstić information content (AvgIpc) is 3.22. The number of carbonyl (C=O) groups is 1. The van der Waals surface area contributed by atoms with E-state index in [0.29, 0.717) is 41.6 Å². The molecule has 0 aromatic heterocycles. The number of hydrogen-bond acceptors (Lipinski definition) is 5. The zero-order valence-corrected chi connectivity index (χ0v) is 19.2. The molecule has 1 aliphatic heterocycles.